The average molecular weight is 424 g/mol. The van der Waals surface area contributed by atoms with Crippen molar-refractivity contribution in [2.24, 2.45) is 0 Å². The second kappa shape index (κ2) is 9.47. The Kier molecular flexibility index (Phi) is 6.32. The van der Waals surface area contributed by atoms with E-state index in [1.54, 1.807) is 17.6 Å². The van der Waals surface area contributed by atoms with Gasteiger partial charge >= 0.3 is 0 Å². The molecule has 1 amide bonds. The molecule has 5 N–H and O–H groups in total. The Morgan fingerprint density at radius 2 is 2.00 bits per heavy atom. The van der Waals surface area contributed by atoms with Gasteiger partial charge in [0.25, 0.3) is 5.91 Å². The second-order valence-electron chi connectivity index (χ2n) is 6.85. The third kappa shape index (κ3) is 5.12. The molecule has 0 aliphatic carbocycles. The molecule has 1 aliphatic heterocycles. The van der Waals surface area contributed by atoms with Crippen LogP contribution in [0.3, 0.4) is 0 Å². The lowest BCUT2D eigenvalue weighted by Gasteiger charge is -2.24. The predicted octanol–water partition coefficient (Wildman–Crippen LogP) is 2.88. The molecule has 0 radical (unpaired) electrons. The number of amides is 1. The molecule has 0 spiro atoms. The van der Waals surface area contributed by atoms with Crippen LogP contribution in [0.15, 0.2) is 54.7 Å². The van der Waals surface area contributed by atoms with E-state index in [0.29, 0.717) is 12.3 Å². The van der Waals surface area contributed by atoms with E-state index in [1.165, 1.54) is 12.1 Å². The van der Waals surface area contributed by atoms with Crippen LogP contribution in [0.5, 0.6) is 0 Å². The van der Waals surface area contributed by atoms with Crippen LogP contribution in [0.2, 0.25) is 0 Å². The first-order valence-electron chi connectivity index (χ1n) is 9.66. The fourth-order valence-electron chi connectivity index (χ4n) is 3.14. The molecule has 1 unspecified atom stereocenters. The third-order valence-corrected chi connectivity index (χ3v) is 4.70. The van der Waals surface area contributed by atoms with Crippen molar-refractivity contribution < 1.29 is 19.1 Å². The molecule has 0 saturated carbocycles. The zero-order valence-electron chi connectivity index (χ0n) is 16.4. The fraction of sp³-hybridized carbons (Fsp3) is 0.190. The molecule has 4 rings (SSSR count). The van der Waals surface area contributed by atoms with Gasteiger partial charge in [0.2, 0.25) is 5.95 Å². The highest BCUT2D eigenvalue weighted by molar-refractivity contribution is 5.94. The number of benzene rings is 2. The van der Waals surface area contributed by atoms with E-state index < -0.39 is 11.7 Å². The number of nitrogens with zero attached hydrogens (tertiary/aromatic N) is 2. The number of hydrogen-bond acceptors (Lipinski definition) is 8. The molecule has 0 bridgehead atoms. The number of hydrogen-bond donors (Lipinski definition) is 5. The Balaban J connectivity index is 1.47. The summed E-state index contributed by atoms with van der Waals surface area (Å²) in [5.41, 5.74) is 3.99. The number of anilines is 4. The molecule has 1 atom stereocenters. The zero-order chi connectivity index (χ0) is 21.6. The van der Waals surface area contributed by atoms with E-state index in [1.807, 2.05) is 24.3 Å². The van der Waals surface area contributed by atoms with E-state index in [2.05, 4.69) is 25.9 Å². The summed E-state index contributed by atoms with van der Waals surface area (Å²) in [4.78, 5) is 19.7. The first-order chi connectivity index (χ1) is 15.1. The predicted molar refractivity (Wildman–Crippen MR) is 112 cm³/mol. The van der Waals surface area contributed by atoms with Crippen LogP contribution in [0.25, 0.3) is 0 Å². The van der Waals surface area contributed by atoms with Crippen molar-refractivity contribution in [2.45, 2.75) is 6.10 Å². The smallest absolute Gasteiger partial charge is 0.274 e. The van der Waals surface area contributed by atoms with Gasteiger partial charge in [-0.3, -0.25) is 10.0 Å². The molecule has 2 aromatic carbocycles. The zero-order valence-corrected chi connectivity index (χ0v) is 16.4. The number of hydroxylamine groups is 1. The van der Waals surface area contributed by atoms with Crippen LogP contribution in [-0.4, -0.2) is 40.8 Å². The summed E-state index contributed by atoms with van der Waals surface area (Å²) in [5.74, 6) is -1.18. The van der Waals surface area contributed by atoms with Crippen LogP contribution in [0.4, 0.5) is 27.5 Å². The highest BCUT2D eigenvalue weighted by atomic mass is 19.1. The molecule has 1 aromatic heterocycles. The molecule has 10 heteroatoms. The standard InChI is InChI=1S/C21H21FN6O3/c22-17-11-24-21(26-15-6-4-13(5-7-15)18-12-23-8-9-31-18)27-19(17)25-16-3-1-2-14(10-16)20(29)28-30/h1-7,10-11,18,23,30H,8-9,12H2,(H,28,29)(H2,24,25,26,27). The summed E-state index contributed by atoms with van der Waals surface area (Å²) in [5, 5.41) is 17.9. The molecule has 1 aliphatic rings. The van der Waals surface area contributed by atoms with Crippen molar-refractivity contribution >= 4 is 29.0 Å². The van der Waals surface area contributed by atoms with E-state index in [4.69, 9.17) is 9.94 Å². The van der Waals surface area contributed by atoms with Crippen molar-refractivity contribution in [1.29, 1.82) is 0 Å². The Morgan fingerprint density at radius 1 is 1.16 bits per heavy atom. The fourth-order valence-corrected chi connectivity index (χ4v) is 3.14. The first-order valence-corrected chi connectivity index (χ1v) is 9.66. The van der Waals surface area contributed by atoms with Gasteiger partial charge in [0.1, 0.15) is 0 Å². The SMILES string of the molecule is O=C(NO)c1cccc(Nc2nc(Nc3ccc(C4CNCCO4)cc3)ncc2F)c1. The van der Waals surface area contributed by atoms with Gasteiger partial charge < -0.3 is 20.7 Å². The monoisotopic (exact) mass is 424 g/mol. The van der Waals surface area contributed by atoms with Crippen LogP contribution < -0.4 is 21.4 Å². The van der Waals surface area contributed by atoms with Gasteiger partial charge in [-0.25, -0.2) is 14.9 Å². The summed E-state index contributed by atoms with van der Waals surface area (Å²) in [6, 6.07) is 13.9. The topological polar surface area (TPSA) is 120 Å². The number of nitrogens with one attached hydrogen (secondary N) is 4. The van der Waals surface area contributed by atoms with Gasteiger partial charge in [0.05, 0.1) is 18.9 Å². The number of carbonyl (C=O) groups is 1. The molecular formula is C21H21FN6O3. The quantitative estimate of drug-likeness (QED) is 0.303. The maximum Gasteiger partial charge on any atom is 0.274 e. The Bertz CT molecular complexity index is 1060. The number of halogens is 1. The lowest BCUT2D eigenvalue weighted by atomic mass is 10.1. The summed E-state index contributed by atoms with van der Waals surface area (Å²) in [7, 11) is 0. The van der Waals surface area contributed by atoms with Crippen LogP contribution in [-0.2, 0) is 4.74 Å². The normalized spacial score (nSPS) is 15.9. The average Bonchev–Trinajstić information content (AvgIpc) is 2.82. The van der Waals surface area contributed by atoms with Crippen molar-refractivity contribution in [2.75, 3.05) is 30.3 Å². The highest BCUT2D eigenvalue weighted by Gasteiger charge is 2.15. The van der Waals surface area contributed by atoms with Crippen LogP contribution in [0, 0.1) is 5.82 Å². The molecule has 1 fully saturated rings. The summed E-state index contributed by atoms with van der Waals surface area (Å²) < 4.78 is 20.0. The van der Waals surface area contributed by atoms with Crippen molar-refractivity contribution in [1.82, 2.24) is 20.8 Å². The molecule has 3 aromatic rings. The number of morpholine rings is 1. The summed E-state index contributed by atoms with van der Waals surface area (Å²) in [6.07, 6.45) is 1.07. The van der Waals surface area contributed by atoms with E-state index in [-0.39, 0.29) is 23.4 Å². The first kappa shape index (κ1) is 20.7. The largest absolute Gasteiger partial charge is 0.371 e. The lowest BCUT2D eigenvalue weighted by Crippen LogP contribution is -2.33. The van der Waals surface area contributed by atoms with Gasteiger partial charge in [-0.1, -0.05) is 18.2 Å². The Hall–Kier alpha value is -3.60. The Labute approximate surface area is 177 Å². The number of carbonyl (C=O) groups excluding carboxylic acids is 1. The number of rotatable bonds is 6. The number of aromatic nitrogens is 2. The molecule has 2 heterocycles. The molecule has 9 nitrogen and oxygen atoms in total. The molecular weight excluding hydrogens is 403 g/mol. The van der Waals surface area contributed by atoms with E-state index in [9.17, 15) is 9.18 Å². The molecule has 1 saturated heterocycles. The Morgan fingerprint density at radius 3 is 2.74 bits per heavy atom. The molecule has 160 valence electrons. The maximum absolute atomic E-state index is 14.2. The highest BCUT2D eigenvalue weighted by Crippen LogP contribution is 2.24. The minimum absolute atomic E-state index is 0.0179. The summed E-state index contributed by atoms with van der Waals surface area (Å²) >= 11 is 0. The van der Waals surface area contributed by atoms with Gasteiger partial charge in [-0.05, 0) is 35.9 Å². The summed E-state index contributed by atoms with van der Waals surface area (Å²) in [6.45, 7) is 2.30. The van der Waals surface area contributed by atoms with Crippen molar-refractivity contribution in [3.8, 4) is 0 Å². The second-order valence-corrected chi connectivity index (χ2v) is 6.85. The van der Waals surface area contributed by atoms with Gasteiger partial charge in [0.15, 0.2) is 11.6 Å². The van der Waals surface area contributed by atoms with Crippen molar-refractivity contribution in [3.05, 3.63) is 71.7 Å². The lowest BCUT2D eigenvalue weighted by molar-refractivity contribution is 0.0277. The van der Waals surface area contributed by atoms with Crippen molar-refractivity contribution in [3.63, 3.8) is 0 Å². The van der Waals surface area contributed by atoms with E-state index in [0.717, 1.165) is 30.5 Å². The van der Waals surface area contributed by atoms with Crippen LogP contribution >= 0.6 is 0 Å². The molecule has 31 heavy (non-hydrogen) atoms. The van der Waals surface area contributed by atoms with Gasteiger partial charge in [-0.15, -0.1) is 0 Å². The number of ether oxygens (including phenoxy) is 1. The van der Waals surface area contributed by atoms with Gasteiger partial charge in [-0.2, -0.15) is 4.98 Å². The van der Waals surface area contributed by atoms with E-state index >= 15 is 0 Å². The minimum atomic E-state index is -0.674. The van der Waals surface area contributed by atoms with Crippen LogP contribution in [0.1, 0.15) is 22.0 Å². The minimum Gasteiger partial charge on any atom is -0.371 e. The third-order valence-electron chi connectivity index (χ3n) is 4.70. The van der Waals surface area contributed by atoms with Gasteiger partial charge in [0, 0.05) is 30.0 Å². The maximum atomic E-state index is 14.2.